The molecule has 1 fully saturated rings. The van der Waals surface area contributed by atoms with Crippen molar-refractivity contribution >= 4 is 44.4 Å². The normalized spacial score (nSPS) is 20.3. The summed E-state index contributed by atoms with van der Waals surface area (Å²) in [6, 6.07) is 16.6. The lowest BCUT2D eigenvalue weighted by molar-refractivity contribution is 0.376. The molecule has 0 N–H and O–H groups in total. The van der Waals surface area contributed by atoms with Crippen molar-refractivity contribution in [3.05, 3.63) is 89.7 Å². The van der Waals surface area contributed by atoms with Gasteiger partial charge in [-0.1, -0.05) is 68.0 Å². The molecule has 36 heavy (non-hydrogen) atoms. The number of rotatable bonds is 6. The third-order valence-corrected chi connectivity index (χ3v) is 12.4. The summed E-state index contributed by atoms with van der Waals surface area (Å²) in [4.78, 5) is 0.315. The lowest BCUT2D eigenvalue weighted by Crippen LogP contribution is -2.26. The second kappa shape index (κ2) is 10.1. The zero-order valence-corrected chi connectivity index (χ0v) is 23.8. The van der Waals surface area contributed by atoms with Gasteiger partial charge >= 0.3 is 0 Å². The lowest BCUT2D eigenvalue weighted by atomic mass is 9.72. The average molecular weight is 538 g/mol. The summed E-state index contributed by atoms with van der Waals surface area (Å²) in [6.45, 7) is 7.02. The van der Waals surface area contributed by atoms with E-state index in [1.165, 1.54) is 40.8 Å². The molecule has 0 bridgehead atoms. The maximum absolute atomic E-state index is 13.6. The summed E-state index contributed by atoms with van der Waals surface area (Å²) in [5.41, 5.74) is 5.02. The molecule has 1 aromatic heterocycles. The number of aromatic nitrogens is 1. The first-order chi connectivity index (χ1) is 17.2. The Hall–Kier alpha value is -1.89. The van der Waals surface area contributed by atoms with Crippen molar-refractivity contribution in [1.29, 1.82) is 0 Å². The molecule has 0 atom stereocenters. The molecule has 0 amide bonds. The first kappa shape index (κ1) is 25.7. The van der Waals surface area contributed by atoms with E-state index in [2.05, 4.69) is 39.0 Å². The number of para-hydroxylation sites is 1. The van der Waals surface area contributed by atoms with Crippen molar-refractivity contribution in [2.75, 3.05) is 11.5 Å². The molecule has 1 aliphatic carbocycles. The number of fused-ring (bicyclic) bond motifs is 1. The summed E-state index contributed by atoms with van der Waals surface area (Å²) >= 11 is 4.02. The Morgan fingerprint density at radius 1 is 0.972 bits per heavy atom. The Labute approximate surface area is 224 Å². The molecule has 5 rings (SSSR count). The van der Waals surface area contributed by atoms with Crippen LogP contribution >= 0.6 is 23.5 Å². The summed E-state index contributed by atoms with van der Waals surface area (Å²) < 4.78 is 28.6. The number of nitrogens with zero attached hydrogens (tertiary/aromatic N) is 1. The quantitative estimate of drug-likeness (QED) is 0.319. The monoisotopic (exact) mass is 537 g/mol. The van der Waals surface area contributed by atoms with Gasteiger partial charge in [0.1, 0.15) is 0 Å². The van der Waals surface area contributed by atoms with Gasteiger partial charge < -0.3 is 0 Å². The SMILES string of the molecule is CC1=C(/C=C/C2(Cc3cn(S(=O)(=O)c4ccccc4)c4ccccc34)SCCCS2)C(C)(C)CCC1. The fourth-order valence-electron chi connectivity index (χ4n) is 5.60. The summed E-state index contributed by atoms with van der Waals surface area (Å²) in [5, 5.41) is 1.02. The minimum atomic E-state index is -3.68. The van der Waals surface area contributed by atoms with Gasteiger partial charge in [0.2, 0.25) is 0 Å². The highest BCUT2D eigenvalue weighted by molar-refractivity contribution is 8.19. The van der Waals surface area contributed by atoms with Gasteiger partial charge in [0.15, 0.2) is 0 Å². The van der Waals surface area contributed by atoms with E-state index in [1.54, 1.807) is 24.3 Å². The standard InChI is InChI=1S/C30H35NO2S3/c1-23-11-9-17-29(2,3)27(23)16-18-30(34-19-10-20-35-30)21-24-22-31(28-15-8-7-14-26(24)28)36(32,33)25-12-5-4-6-13-25/h4-8,12-16,18,22H,9-11,17,19-21H2,1-3H3/b18-16+. The fourth-order valence-corrected chi connectivity index (χ4v) is 10.1. The van der Waals surface area contributed by atoms with Crippen LogP contribution in [0, 0.1) is 5.41 Å². The summed E-state index contributed by atoms with van der Waals surface area (Å²) in [7, 11) is -3.68. The highest BCUT2D eigenvalue weighted by atomic mass is 32.2. The summed E-state index contributed by atoms with van der Waals surface area (Å²) in [5.74, 6) is 2.25. The van der Waals surface area contributed by atoms with E-state index in [-0.39, 0.29) is 9.49 Å². The van der Waals surface area contributed by atoms with Crippen LogP contribution in [0.3, 0.4) is 0 Å². The zero-order valence-electron chi connectivity index (χ0n) is 21.4. The van der Waals surface area contributed by atoms with E-state index in [9.17, 15) is 8.42 Å². The van der Waals surface area contributed by atoms with Crippen LogP contribution in [-0.4, -0.2) is 28.0 Å². The van der Waals surface area contributed by atoms with E-state index in [1.807, 2.05) is 54.0 Å². The van der Waals surface area contributed by atoms with Crippen molar-refractivity contribution in [1.82, 2.24) is 3.97 Å². The van der Waals surface area contributed by atoms with Crippen molar-refractivity contribution < 1.29 is 8.42 Å². The molecule has 0 saturated carbocycles. The van der Waals surface area contributed by atoms with Gasteiger partial charge in [-0.2, -0.15) is 0 Å². The van der Waals surface area contributed by atoms with Crippen molar-refractivity contribution in [2.45, 2.75) is 61.8 Å². The van der Waals surface area contributed by atoms with Gasteiger partial charge in [-0.05, 0) is 78.9 Å². The van der Waals surface area contributed by atoms with Gasteiger partial charge in [0, 0.05) is 18.0 Å². The minimum Gasteiger partial charge on any atom is -0.241 e. The Morgan fingerprint density at radius 2 is 1.67 bits per heavy atom. The number of hydrogen-bond donors (Lipinski definition) is 0. The molecule has 6 heteroatoms. The smallest absolute Gasteiger partial charge is 0.241 e. The van der Waals surface area contributed by atoms with Crippen LogP contribution in [0.4, 0.5) is 0 Å². The second-order valence-electron chi connectivity index (χ2n) is 10.6. The van der Waals surface area contributed by atoms with Crippen molar-refractivity contribution in [3.8, 4) is 0 Å². The topological polar surface area (TPSA) is 39.1 Å². The van der Waals surface area contributed by atoms with Crippen LogP contribution in [0.2, 0.25) is 0 Å². The number of benzene rings is 2. The van der Waals surface area contributed by atoms with E-state index in [0.29, 0.717) is 4.90 Å². The lowest BCUT2D eigenvalue weighted by Gasteiger charge is -2.36. The molecule has 2 aliphatic rings. The van der Waals surface area contributed by atoms with Gasteiger partial charge in [0.05, 0.1) is 14.5 Å². The van der Waals surface area contributed by atoms with Gasteiger partial charge in [-0.3, -0.25) is 0 Å². The summed E-state index contributed by atoms with van der Waals surface area (Å²) in [6.07, 6.45) is 12.4. The highest BCUT2D eigenvalue weighted by Gasteiger charge is 2.35. The molecular weight excluding hydrogens is 503 g/mol. The Bertz CT molecular complexity index is 1410. The van der Waals surface area contributed by atoms with Crippen molar-refractivity contribution in [3.63, 3.8) is 0 Å². The Balaban J connectivity index is 1.57. The van der Waals surface area contributed by atoms with Crippen LogP contribution in [0.5, 0.6) is 0 Å². The number of thioether (sulfide) groups is 2. The second-order valence-corrected chi connectivity index (χ2v) is 15.5. The van der Waals surface area contributed by atoms with E-state index >= 15 is 0 Å². The Kier molecular flexibility index (Phi) is 7.23. The zero-order chi connectivity index (χ0) is 25.4. The van der Waals surface area contributed by atoms with Gasteiger partial charge in [-0.25, -0.2) is 12.4 Å². The maximum Gasteiger partial charge on any atom is 0.268 e. The molecule has 2 heterocycles. The molecule has 3 nitrogen and oxygen atoms in total. The first-order valence-electron chi connectivity index (χ1n) is 12.8. The molecule has 0 spiro atoms. The highest BCUT2D eigenvalue weighted by Crippen LogP contribution is 2.48. The van der Waals surface area contributed by atoms with E-state index in [4.69, 9.17) is 0 Å². The number of allylic oxidation sites excluding steroid dienone is 3. The molecule has 1 saturated heterocycles. The van der Waals surface area contributed by atoms with Gasteiger partial charge in [0.25, 0.3) is 10.0 Å². The minimum absolute atomic E-state index is 0.107. The van der Waals surface area contributed by atoms with Crippen LogP contribution in [0.15, 0.2) is 89.0 Å². The largest absolute Gasteiger partial charge is 0.268 e. The van der Waals surface area contributed by atoms with Crippen LogP contribution < -0.4 is 0 Å². The maximum atomic E-state index is 13.6. The molecule has 0 unspecified atom stereocenters. The predicted octanol–water partition coefficient (Wildman–Crippen LogP) is 8.07. The van der Waals surface area contributed by atoms with Crippen LogP contribution in [0.25, 0.3) is 10.9 Å². The van der Waals surface area contributed by atoms with Crippen molar-refractivity contribution in [2.24, 2.45) is 5.41 Å². The third kappa shape index (κ3) is 4.97. The number of hydrogen-bond acceptors (Lipinski definition) is 4. The Morgan fingerprint density at radius 3 is 2.39 bits per heavy atom. The third-order valence-electron chi connectivity index (χ3n) is 7.53. The molecule has 2 aromatic carbocycles. The predicted molar refractivity (Wildman–Crippen MR) is 156 cm³/mol. The molecular formula is C30H35NO2S3. The first-order valence-corrected chi connectivity index (χ1v) is 16.2. The molecule has 0 radical (unpaired) electrons. The van der Waals surface area contributed by atoms with Crippen LogP contribution in [-0.2, 0) is 16.4 Å². The van der Waals surface area contributed by atoms with E-state index < -0.39 is 10.0 Å². The average Bonchev–Trinajstić information content (AvgIpc) is 3.23. The fraction of sp³-hybridized carbons (Fsp3) is 0.400. The van der Waals surface area contributed by atoms with Crippen LogP contribution in [0.1, 0.15) is 52.0 Å². The molecule has 3 aromatic rings. The molecule has 1 aliphatic heterocycles. The van der Waals surface area contributed by atoms with E-state index in [0.717, 1.165) is 34.4 Å². The molecule has 190 valence electrons. The van der Waals surface area contributed by atoms with Gasteiger partial charge in [-0.15, -0.1) is 23.5 Å².